The predicted molar refractivity (Wildman–Crippen MR) is 106 cm³/mol. The van der Waals surface area contributed by atoms with Gasteiger partial charge in [0.15, 0.2) is 5.96 Å². The van der Waals surface area contributed by atoms with E-state index >= 15 is 0 Å². The predicted octanol–water partition coefficient (Wildman–Crippen LogP) is 3.05. The van der Waals surface area contributed by atoms with Gasteiger partial charge < -0.3 is 20.2 Å². The molecule has 0 unspecified atom stereocenters. The molecule has 2 heterocycles. The van der Waals surface area contributed by atoms with E-state index in [1.54, 1.807) is 17.4 Å². The number of aryl methyl sites for hydroxylation is 1. The second kappa shape index (κ2) is 8.25. The van der Waals surface area contributed by atoms with Gasteiger partial charge in [0, 0.05) is 37.6 Å². The molecular formula is C19H26N4OS. The largest absolute Gasteiger partial charge is 0.506 e. The number of aromatic hydroxyl groups is 1. The number of nitrogens with zero attached hydrogens (tertiary/aromatic N) is 3. The van der Waals surface area contributed by atoms with Gasteiger partial charge in [0.25, 0.3) is 0 Å². The molecule has 1 saturated heterocycles. The fraction of sp³-hybridized carbons (Fsp3) is 0.421. The van der Waals surface area contributed by atoms with E-state index < -0.39 is 0 Å². The van der Waals surface area contributed by atoms with Gasteiger partial charge in [-0.25, -0.2) is 4.99 Å². The van der Waals surface area contributed by atoms with Crippen molar-refractivity contribution in [3.63, 3.8) is 0 Å². The van der Waals surface area contributed by atoms with Gasteiger partial charge in [-0.15, -0.1) is 11.3 Å². The monoisotopic (exact) mass is 358 g/mol. The van der Waals surface area contributed by atoms with Crippen molar-refractivity contribution in [2.75, 3.05) is 37.6 Å². The SMILES string of the molecule is CCNC(=NCc1sccc1C)N1CCN(c2ccccc2O)CC1. The van der Waals surface area contributed by atoms with Crippen LogP contribution in [0.15, 0.2) is 40.7 Å². The normalized spacial score (nSPS) is 15.5. The first-order chi connectivity index (χ1) is 12.2. The van der Waals surface area contributed by atoms with Crippen molar-refractivity contribution in [2.45, 2.75) is 20.4 Å². The lowest BCUT2D eigenvalue weighted by Gasteiger charge is -2.37. The van der Waals surface area contributed by atoms with E-state index in [9.17, 15) is 5.11 Å². The van der Waals surface area contributed by atoms with E-state index in [1.807, 2.05) is 18.2 Å². The molecule has 3 rings (SSSR count). The van der Waals surface area contributed by atoms with Gasteiger partial charge in [-0.1, -0.05) is 12.1 Å². The van der Waals surface area contributed by atoms with E-state index in [4.69, 9.17) is 4.99 Å². The number of nitrogens with one attached hydrogen (secondary N) is 1. The van der Waals surface area contributed by atoms with E-state index in [1.165, 1.54) is 10.4 Å². The number of aliphatic imine (C=N–C) groups is 1. The molecule has 0 aliphatic carbocycles. The van der Waals surface area contributed by atoms with Crippen LogP contribution in [0.25, 0.3) is 0 Å². The van der Waals surface area contributed by atoms with Crippen molar-refractivity contribution >= 4 is 23.0 Å². The molecule has 0 atom stereocenters. The standard InChI is InChI=1S/C19H26N4OS/c1-3-20-19(21-14-18-15(2)8-13-25-18)23-11-9-22(10-12-23)16-6-4-5-7-17(16)24/h4-8,13,24H,3,9-12,14H2,1-2H3,(H,20,21). The Bertz CT molecular complexity index is 720. The van der Waals surface area contributed by atoms with Crippen LogP contribution in [0.5, 0.6) is 5.75 Å². The third kappa shape index (κ3) is 4.25. The minimum Gasteiger partial charge on any atom is -0.506 e. The minimum absolute atomic E-state index is 0.352. The molecule has 1 aliphatic rings. The molecule has 6 heteroatoms. The Labute approximate surface area is 153 Å². The third-order valence-electron chi connectivity index (χ3n) is 4.48. The van der Waals surface area contributed by atoms with Gasteiger partial charge in [0.2, 0.25) is 0 Å². The molecule has 5 nitrogen and oxygen atoms in total. The number of benzene rings is 1. The van der Waals surface area contributed by atoms with E-state index in [-0.39, 0.29) is 0 Å². The van der Waals surface area contributed by atoms with Crippen LogP contribution >= 0.6 is 11.3 Å². The van der Waals surface area contributed by atoms with Crippen LogP contribution in [0.2, 0.25) is 0 Å². The van der Waals surface area contributed by atoms with Crippen molar-refractivity contribution in [1.82, 2.24) is 10.2 Å². The quantitative estimate of drug-likeness (QED) is 0.652. The summed E-state index contributed by atoms with van der Waals surface area (Å²) in [6.07, 6.45) is 0. The van der Waals surface area contributed by atoms with Crippen LogP contribution in [0.4, 0.5) is 5.69 Å². The maximum atomic E-state index is 10.0. The van der Waals surface area contributed by atoms with Crippen LogP contribution < -0.4 is 10.2 Å². The highest BCUT2D eigenvalue weighted by molar-refractivity contribution is 7.10. The summed E-state index contributed by atoms with van der Waals surface area (Å²) in [4.78, 5) is 10.7. The number of hydrogen-bond donors (Lipinski definition) is 2. The molecule has 0 bridgehead atoms. The van der Waals surface area contributed by atoms with Gasteiger partial charge in [0.05, 0.1) is 12.2 Å². The van der Waals surface area contributed by atoms with Crippen LogP contribution in [0, 0.1) is 6.92 Å². The molecule has 1 aromatic heterocycles. The lowest BCUT2D eigenvalue weighted by molar-refractivity contribution is 0.370. The lowest BCUT2D eigenvalue weighted by Crippen LogP contribution is -2.52. The molecule has 25 heavy (non-hydrogen) atoms. The first kappa shape index (κ1) is 17.6. The van der Waals surface area contributed by atoms with Crippen molar-refractivity contribution in [3.8, 4) is 5.75 Å². The Kier molecular flexibility index (Phi) is 5.81. The number of phenols is 1. The Morgan fingerprint density at radius 1 is 1.20 bits per heavy atom. The number of phenolic OH excluding ortho intramolecular Hbond substituents is 1. The van der Waals surface area contributed by atoms with E-state index in [2.05, 4.69) is 40.4 Å². The number of thiophene rings is 1. The van der Waals surface area contributed by atoms with Crippen LogP contribution in [-0.2, 0) is 6.54 Å². The van der Waals surface area contributed by atoms with Crippen molar-refractivity contribution in [1.29, 1.82) is 0 Å². The summed E-state index contributed by atoms with van der Waals surface area (Å²) < 4.78 is 0. The Hall–Kier alpha value is -2.21. The maximum Gasteiger partial charge on any atom is 0.194 e. The average molecular weight is 359 g/mol. The summed E-state index contributed by atoms with van der Waals surface area (Å²) in [6.45, 7) is 9.37. The first-order valence-corrected chi connectivity index (χ1v) is 9.66. The first-order valence-electron chi connectivity index (χ1n) is 8.78. The molecule has 0 saturated carbocycles. The highest BCUT2D eigenvalue weighted by Crippen LogP contribution is 2.27. The van der Waals surface area contributed by atoms with Crippen molar-refractivity contribution in [3.05, 3.63) is 46.2 Å². The summed E-state index contributed by atoms with van der Waals surface area (Å²) >= 11 is 1.77. The van der Waals surface area contributed by atoms with Gasteiger partial charge >= 0.3 is 0 Å². The molecule has 1 aliphatic heterocycles. The topological polar surface area (TPSA) is 51.1 Å². The molecule has 0 spiro atoms. The molecule has 1 fully saturated rings. The molecule has 134 valence electrons. The molecular weight excluding hydrogens is 332 g/mol. The molecule has 0 amide bonds. The van der Waals surface area contributed by atoms with E-state index in [0.717, 1.165) is 50.9 Å². The molecule has 0 radical (unpaired) electrons. The zero-order chi connectivity index (χ0) is 17.6. The number of anilines is 1. The zero-order valence-electron chi connectivity index (χ0n) is 14.9. The van der Waals surface area contributed by atoms with E-state index in [0.29, 0.717) is 5.75 Å². The summed E-state index contributed by atoms with van der Waals surface area (Å²) in [5.41, 5.74) is 2.23. The van der Waals surface area contributed by atoms with Crippen LogP contribution in [0.1, 0.15) is 17.4 Å². The fourth-order valence-corrected chi connectivity index (χ4v) is 3.86. The third-order valence-corrected chi connectivity index (χ3v) is 5.48. The number of rotatable bonds is 4. The maximum absolute atomic E-state index is 10.0. The van der Waals surface area contributed by atoms with Gasteiger partial charge in [-0.3, -0.25) is 0 Å². The van der Waals surface area contributed by atoms with Gasteiger partial charge in [0.1, 0.15) is 5.75 Å². The van der Waals surface area contributed by atoms with Crippen molar-refractivity contribution in [2.24, 2.45) is 4.99 Å². The average Bonchev–Trinajstić information content (AvgIpc) is 3.04. The van der Waals surface area contributed by atoms with Gasteiger partial charge in [-0.2, -0.15) is 0 Å². The number of hydrogen-bond acceptors (Lipinski definition) is 4. The summed E-state index contributed by atoms with van der Waals surface area (Å²) in [7, 11) is 0. The minimum atomic E-state index is 0.352. The molecule has 2 N–H and O–H groups in total. The Morgan fingerprint density at radius 3 is 2.60 bits per heavy atom. The second-order valence-corrected chi connectivity index (χ2v) is 7.16. The highest BCUT2D eigenvalue weighted by Gasteiger charge is 2.21. The smallest absolute Gasteiger partial charge is 0.194 e. The van der Waals surface area contributed by atoms with Crippen molar-refractivity contribution < 1.29 is 5.11 Å². The highest BCUT2D eigenvalue weighted by atomic mass is 32.1. The Balaban J connectivity index is 1.64. The lowest BCUT2D eigenvalue weighted by atomic mass is 10.2. The Morgan fingerprint density at radius 2 is 1.96 bits per heavy atom. The summed E-state index contributed by atoms with van der Waals surface area (Å²) in [5.74, 6) is 1.33. The summed E-state index contributed by atoms with van der Waals surface area (Å²) in [5, 5.41) is 15.6. The molecule has 2 aromatic rings. The second-order valence-electron chi connectivity index (χ2n) is 6.16. The number of guanidine groups is 1. The number of piperazine rings is 1. The zero-order valence-corrected chi connectivity index (χ0v) is 15.7. The van der Waals surface area contributed by atoms with Crippen LogP contribution in [-0.4, -0.2) is 48.7 Å². The fourth-order valence-electron chi connectivity index (χ4n) is 3.03. The molecule has 1 aromatic carbocycles. The van der Waals surface area contributed by atoms with Gasteiger partial charge in [-0.05, 0) is 43.0 Å². The summed E-state index contributed by atoms with van der Waals surface area (Å²) in [6, 6.07) is 9.70. The number of para-hydroxylation sites is 2. The van der Waals surface area contributed by atoms with Crippen LogP contribution in [0.3, 0.4) is 0 Å².